The Bertz CT molecular complexity index is 311. The van der Waals surface area contributed by atoms with E-state index in [1.54, 1.807) is 12.2 Å². The molecule has 0 radical (unpaired) electrons. The van der Waals surface area contributed by atoms with Gasteiger partial charge in [0.15, 0.2) is 5.78 Å². The molecule has 1 aromatic rings. The molecule has 0 spiro atoms. The van der Waals surface area contributed by atoms with Gasteiger partial charge in [0.1, 0.15) is 0 Å². The van der Waals surface area contributed by atoms with Crippen LogP contribution in [0.4, 0.5) is 0 Å². The third kappa shape index (κ3) is 3.55. The minimum atomic E-state index is 0.143. The Morgan fingerprint density at radius 3 is 2.54 bits per heavy atom. The summed E-state index contributed by atoms with van der Waals surface area (Å²) in [6.45, 7) is 1.85. The third-order valence-electron chi connectivity index (χ3n) is 1.64. The first-order valence-corrected chi connectivity index (χ1v) is 4.91. The molecule has 0 saturated carbocycles. The lowest BCUT2D eigenvalue weighted by Gasteiger charge is -1.97. The van der Waals surface area contributed by atoms with Gasteiger partial charge in [-0.2, -0.15) is 0 Å². The number of rotatable bonds is 3. The molecule has 0 heterocycles. The number of carbonyl (C=O) groups excluding carboxylic acids is 1. The lowest BCUT2D eigenvalue weighted by molar-refractivity contribution is -0.114. The third-order valence-corrected chi connectivity index (χ3v) is 2.17. The van der Waals surface area contributed by atoms with Crippen molar-refractivity contribution >= 4 is 21.7 Å². The van der Waals surface area contributed by atoms with Crippen LogP contribution in [0.25, 0.3) is 0 Å². The summed E-state index contributed by atoms with van der Waals surface area (Å²) in [5.41, 5.74) is 1.05. The predicted molar refractivity (Wildman–Crippen MR) is 57.7 cm³/mol. The average molecular weight is 239 g/mol. The highest BCUT2D eigenvalue weighted by Gasteiger charge is 1.98. The highest BCUT2D eigenvalue weighted by molar-refractivity contribution is 9.10. The molecule has 0 atom stereocenters. The molecule has 0 unspecified atom stereocenters. The molecular formula is C11H11BrO. The van der Waals surface area contributed by atoms with Gasteiger partial charge in [0.25, 0.3) is 0 Å². The number of carbonyl (C=O) groups is 1. The summed E-state index contributed by atoms with van der Waals surface area (Å²) in [5, 5.41) is 0. The summed E-state index contributed by atoms with van der Waals surface area (Å²) >= 11 is 3.34. The first-order chi connectivity index (χ1) is 6.22. The standard InChI is InChI=1S/C11H11BrO/c1-2-3-11(13)8-9-4-6-10(12)7-5-9/h2-7H,8H2,1H3/b3-2+. The summed E-state index contributed by atoms with van der Waals surface area (Å²) in [6, 6.07) is 7.79. The quantitative estimate of drug-likeness (QED) is 0.740. The van der Waals surface area contributed by atoms with Crippen molar-refractivity contribution in [3.63, 3.8) is 0 Å². The van der Waals surface area contributed by atoms with Crippen molar-refractivity contribution in [2.24, 2.45) is 0 Å². The zero-order valence-electron chi connectivity index (χ0n) is 7.46. The number of halogens is 1. The van der Waals surface area contributed by atoms with Crippen molar-refractivity contribution < 1.29 is 4.79 Å². The Labute approximate surface area is 86.6 Å². The highest BCUT2D eigenvalue weighted by atomic mass is 79.9. The molecule has 0 N–H and O–H groups in total. The maximum absolute atomic E-state index is 11.2. The van der Waals surface area contributed by atoms with Crippen molar-refractivity contribution in [2.45, 2.75) is 13.3 Å². The van der Waals surface area contributed by atoms with Crippen LogP contribution in [0.15, 0.2) is 40.9 Å². The van der Waals surface area contributed by atoms with Crippen molar-refractivity contribution in [2.75, 3.05) is 0 Å². The van der Waals surface area contributed by atoms with Crippen molar-refractivity contribution in [1.29, 1.82) is 0 Å². The molecule has 2 heteroatoms. The van der Waals surface area contributed by atoms with E-state index in [9.17, 15) is 4.79 Å². The Kier molecular flexibility index (Phi) is 3.90. The fourth-order valence-corrected chi connectivity index (χ4v) is 1.31. The molecule has 13 heavy (non-hydrogen) atoms. The maximum atomic E-state index is 11.2. The first-order valence-electron chi connectivity index (χ1n) is 4.12. The topological polar surface area (TPSA) is 17.1 Å². The Balaban J connectivity index is 2.64. The smallest absolute Gasteiger partial charge is 0.159 e. The maximum Gasteiger partial charge on any atom is 0.159 e. The summed E-state index contributed by atoms with van der Waals surface area (Å²) in [5.74, 6) is 0.143. The van der Waals surface area contributed by atoms with Gasteiger partial charge in [0.05, 0.1) is 0 Å². The number of allylic oxidation sites excluding steroid dienone is 2. The molecule has 0 aliphatic rings. The SMILES string of the molecule is C/C=C/C(=O)Cc1ccc(Br)cc1. The molecule has 0 fully saturated rings. The second kappa shape index (κ2) is 4.97. The molecule has 0 bridgehead atoms. The van der Waals surface area contributed by atoms with Crippen LogP contribution >= 0.6 is 15.9 Å². The molecule has 1 aromatic carbocycles. The molecular weight excluding hydrogens is 228 g/mol. The molecule has 1 rings (SSSR count). The van der Waals surface area contributed by atoms with E-state index in [0.29, 0.717) is 6.42 Å². The van der Waals surface area contributed by atoms with E-state index in [-0.39, 0.29) is 5.78 Å². The minimum Gasteiger partial charge on any atom is -0.294 e. The van der Waals surface area contributed by atoms with E-state index in [4.69, 9.17) is 0 Å². The Hall–Kier alpha value is -0.890. The summed E-state index contributed by atoms with van der Waals surface area (Å²) < 4.78 is 1.04. The van der Waals surface area contributed by atoms with Crippen LogP contribution in [-0.4, -0.2) is 5.78 Å². The van der Waals surface area contributed by atoms with Gasteiger partial charge in [-0.1, -0.05) is 34.1 Å². The lowest BCUT2D eigenvalue weighted by Crippen LogP contribution is -1.97. The van der Waals surface area contributed by atoms with E-state index in [1.807, 2.05) is 31.2 Å². The second-order valence-corrected chi connectivity index (χ2v) is 3.69. The molecule has 68 valence electrons. The van der Waals surface area contributed by atoms with Gasteiger partial charge in [-0.05, 0) is 30.7 Å². The predicted octanol–water partition coefficient (Wildman–Crippen LogP) is 3.14. The molecule has 0 saturated heterocycles. The van der Waals surface area contributed by atoms with Gasteiger partial charge in [-0.3, -0.25) is 4.79 Å². The van der Waals surface area contributed by atoms with E-state index >= 15 is 0 Å². The molecule has 0 aromatic heterocycles. The monoisotopic (exact) mass is 238 g/mol. The van der Waals surface area contributed by atoms with E-state index in [1.165, 1.54) is 0 Å². The summed E-state index contributed by atoms with van der Waals surface area (Å²) in [7, 11) is 0. The van der Waals surface area contributed by atoms with Crippen LogP contribution in [0, 0.1) is 0 Å². The van der Waals surface area contributed by atoms with Gasteiger partial charge in [-0.25, -0.2) is 0 Å². The van der Waals surface area contributed by atoms with Crippen LogP contribution < -0.4 is 0 Å². The molecule has 0 aliphatic carbocycles. The normalized spacial score (nSPS) is 10.6. The van der Waals surface area contributed by atoms with E-state index in [2.05, 4.69) is 15.9 Å². The van der Waals surface area contributed by atoms with Crippen LogP contribution in [0.5, 0.6) is 0 Å². The van der Waals surface area contributed by atoms with Gasteiger partial charge >= 0.3 is 0 Å². The minimum absolute atomic E-state index is 0.143. The summed E-state index contributed by atoms with van der Waals surface area (Å²) in [4.78, 5) is 11.2. The number of hydrogen-bond donors (Lipinski definition) is 0. The van der Waals surface area contributed by atoms with Crippen LogP contribution in [-0.2, 0) is 11.2 Å². The summed E-state index contributed by atoms with van der Waals surface area (Å²) in [6.07, 6.45) is 3.85. The zero-order chi connectivity index (χ0) is 9.68. The Morgan fingerprint density at radius 1 is 1.38 bits per heavy atom. The van der Waals surface area contributed by atoms with Crippen molar-refractivity contribution in [1.82, 2.24) is 0 Å². The fraction of sp³-hybridized carbons (Fsp3) is 0.182. The fourth-order valence-electron chi connectivity index (χ4n) is 1.05. The molecule has 0 aliphatic heterocycles. The van der Waals surface area contributed by atoms with Crippen molar-refractivity contribution in [3.8, 4) is 0 Å². The average Bonchev–Trinajstić information content (AvgIpc) is 2.09. The first kappa shape index (κ1) is 10.2. The van der Waals surface area contributed by atoms with Gasteiger partial charge in [0.2, 0.25) is 0 Å². The van der Waals surface area contributed by atoms with E-state index < -0.39 is 0 Å². The Morgan fingerprint density at radius 2 is 2.00 bits per heavy atom. The van der Waals surface area contributed by atoms with Gasteiger partial charge < -0.3 is 0 Å². The number of hydrogen-bond acceptors (Lipinski definition) is 1. The van der Waals surface area contributed by atoms with Crippen LogP contribution in [0.1, 0.15) is 12.5 Å². The largest absolute Gasteiger partial charge is 0.294 e. The lowest BCUT2D eigenvalue weighted by atomic mass is 10.1. The van der Waals surface area contributed by atoms with Gasteiger partial charge in [-0.15, -0.1) is 0 Å². The number of benzene rings is 1. The second-order valence-electron chi connectivity index (χ2n) is 2.77. The van der Waals surface area contributed by atoms with Gasteiger partial charge in [0, 0.05) is 10.9 Å². The van der Waals surface area contributed by atoms with E-state index in [0.717, 1.165) is 10.0 Å². The van der Waals surface area contributed by atoms with Crippen LogP contribution in [0.2, 0.25) is 0 Å². The highest BCUT2D eigenvalue weighted by Crippen LogP contribution is 2.11. The molecule has 1 nitrogen and oxygen atoms in total. The number of ketones is 1. The van der Waals surface area contributed by atoms with Crippen molar-refractivity contribution in [3.05, 3.63) is 46.5 Å². The molecule has 0 amide bonds. The zero-order valence-corrected chi connectivity index (χ0v) is 9.04. The van der Waals surface area contributed by atoms with Crippen LogP contribution in [0.3, 0.4) is 0 Å².